The van der Waals surface area contributed by atoms with Crippen LogP contribution in [-0.2, 0) is 29.0 Å². The zero-order valence-electron chi connectivity index (χ0n) is 21.5. The molecule has 8 heteroatoms. The molecule has 4 rings (SSSR count). The van der Waals surface area contributed by atoms with Gasteiger partial charge in [0.05, 0.1) is 19.8 Å². The number of ether oxygens (including phenoxy) is 1. The Morgan fingerprint density at radius 1 is 0.946 bits per heavy atom. The lowest BCUT2D eigenvalue weighted by Gasteiger charge is -2.31. The lowest BCUT2D eigenvalue weighted by atomic mass is 10.1. The number of anilines is 1. The van der Waals surface area contributed by atoms with Crippen molar-refractivity contribution in [2.24, 2.45) is 0 Å². The van der Waals surface area contributed by atoms with Crippen LogP contribution in [0.3, 0.4) is 0 Å². The summed E-state index contributed by atoms with van der Waals surface area (Å²) in [6.45, 7) is 7.33. The molecule has 0 atom stereocenters. The topological polar surface area (TPSA) is 65.1 Å². The number of thiophene rings is 1. The van der Waals surface area contributed by atoms with Crippen molar-refractivity contribution < 1.29 is 14.3 Å². The Kier molecular flexibility index (Phi) is 10.1. The zero-order chi connectivity index (χ0) is 25.9. The number of carbonyl (C=O) groups excluding carboxylic acids is 2. The van der Waals surface area contributed by atoms with Gasteiger partial charge in [0, 0.05) is 43.3 Å². The highest BCUT2D eigenvalue weighted by Crippen LogP contribution is 2.16. The van der Waals surface area contributed by atoms with Gasteiger partial charge >= 0.3 is 6.03 Å². The van der Waals surface area contributed by atoms with Crippen molar-refractivity contribution in [3.8, 4) is 0 Å². The van der Waals surface area contributed by atoms with E-state index in [1.165, 1.54) is 0 Å². The van der Waals surface area contributed by atoms with Gasteiger partial charge in [0.2, 0.25) is 5.91 Å². The molecule has 0 unspecified atom stereocenters. The molecule has 1 saturated heterocycles. The second-order valence-corrected chi connectivity index (χ2v) is 10.2. The van der Waals surface area contributed by atoms with Crippen molar-refractivity contribution in [1.29, 1.82) is 0 Å². The summed E-state index contributed by atoms with van der Waals surface area (Å²) in [4.78, 5) is 34.0. The maximum Gasteiger partial charge on any atom is 0.322 e. The van der Waals surface area contributed by atoms with Crippen LogP contribution in [0.1, 0.15) is 22.9 Å². The van der Waals surface area contributed by atoms with E-state index < -0.39 is 0 Å². The van der Waals surface area contributed by atoms with E-state index in [9.17, 15) is 9.59 Å². The summed E-state index contributed by atoms with van der Waals surface area (Å²) in [7, 11) is 0. The Labute approximate surface area is 223 Å². The highest BCUT2D eigenvalue weighted by atomic mass is 32.1. The summed E-state index contributed by atoms with van der Waals surface area (Å²) in [5.41, 5.74) is 2.96. The van der Waals surface area contributed by atoms with Crippen LogP contribution in [0.15, 0.2) is 72.1 Å². The smallest absolute Gasteiger partial charge is 0.322 e. The van der Waals surface area contributed by atoms with Crippen LogP contribution in [0.25, 0.3) is 0 Å². The van der Waals surface area contributed by atoms with Gasteiger partial charge in [0.15, 0.2) is 0 Å². The van der Waals surface area contributed by atoms with E-state index >= 15 is 0 Å². The standard InChI is InChI=1S/C29H36N4O3S/c1-2-24-10-6-11-26(20-24)30-29(35)32(14-13-31-15-17-36-18-16-31)23-28(34)33(22-27-12-7-19-37-27)21-25-8-4-3-5-9-25/h3-12,19-20H,2,13-18,21-23H2,1H3,(H,30,35). The monoisotopic (exact) mass is 520 g/mol. The fourth-order valence-corrected chi connectivity index (χ4v) is 5.02. The number of benzene rings is 2. The number of nitrogens with one attached hydrogen (secondary N) is 1. The van der Waals surface area contributed by atoms with Gasteiger partial charge in [-0.2, -0.15) is 0 Å². The Morgan fingerprint density at radius 3 is 2.46 bits per heavy atom. The van der Waals surface area contributed by atoms with Crippen molar-refractivity contribution in [3.63, 3.8) is 0 Å². The number of morpholine rings is 1. The van der Waals surface area contributed by atoms with Crippen molar-refractivity contribution in [3.05, 3.63) is 88.1 Å². The van der Waals surface area contributed by atoms with Crippen LogP contribution in [0.4, 0.5) is 10.5 Å². The van der Waals surface area contributed by atoms with Gasteiger partial charge in [-0.1, -0.05) is 55.5 Å². The number of urea groups is 1. The highest BCUT2D eigenvalue weighted by molar-refractivity contribution is 7.09. The summed E-state index contributed by atoms with van der Waals surface area (Å²) in [5, 5.41) is 5.04. The van der Waals surface area contributed by atoms with E-state index in [1.54, 1.807) is 16.2 Å². The van der Waals surface area contributed by atoms with Crippen LogP contribution < -0.4 is 5.32 Å². The first-order valence-electron chi connectivity index (χ1n) is 12.9. The summed E-state index contributed by atoms with van der Waals surface area (Å²) < 4.78 is 5.46. The maximum absolute atomic E-state index is 13.7. The molecule has 3 amide bonds. The molecule has 0 aliphatic carbocycles. The first kappa shape index (κ1) is 26.9. The van der Waals surface area contributed by atoms with Crippen molar-refractivity contribution in [2.75, 3.05) is 51.3 Å². The van der Waals surface area contributed by atoms with E-state index in [-0.39, 0.29) is 18.5 Å². The van der Waals surface area contributed by atoms with Gasteiger partial charge in [-0.15, -0.1) is 11.3 Å². The minimum absolute atomic E-state index is 0.0157. The average molecular weight is 521 g/mol. The third-order valence-electron chi connectivity index (χ3n) is 6.49. The van der Waals surface area contributed by atoms with Gasteiger partial charge in [-0.05, 0) is 41.1 Å². The predicted molar refractivity (Wildman–Crippen MR) is 149 cm³/mol. The van der Waals surface area contributed by atoms with Gasteiger partial charge in [-0.25, -0.2) is 4.79 Å². The highest BCUT2D eigenvalue weighted by Gasteiger charge is 2.23. The number of aryl methyl sites for hydroxylation is 1. The number of rotatable bonds is 11. The zero-order valence-corrected chi connectivity index (χ0v) is 22.3. The molecule has 3 aromatic rings. The van der Waals surface area contributed by atoms with E-state index in [2.05, 4.69) is 17.1 Å². The molecule has 37 heavy (non-hydrogen) atoms. The van der Waals surface area contributed by atoms with Gasteiger partial charge in [0.25, 0.3) is 0 Å². The molecule has 2 aromatic carbocycles. The van der Waals surface area contributed by atoms with Crippen molar-refractivity contribution in [2.45, 2.75) is 26.4 Å². The van der Waals surface area contributed by atoms with Crippen LogP contribution in [-0.4, -0.2) is 72.6 Å². The van der Waals surface area contributed by atoms with Crippen LogP contribution in [0, 0.1) is 0 Å². The van der Waals surface area contributed by atoms with E-state index in [1.807, 2.05) is 77.0 Å². The number of nitrogens with zero attached hydrogens (tertiary/aromatic N) is 3. The quantitative estimate of drug-likeness (QED) is 0.398. The molecule has 2 heterocycles. The molecule has 1 aliphatic heterocycles. The normalized spacial score (nSPS) is 13.8. The molecule has 0 bridgehead atoms. The predicted octanol–water partition coefficient (Wildman–Crippen LogP) is 4.71. The number of carbonyl (C=O) groups is 2. The molecule has 0 spiro atoms. The number of amides is 3. The lowest BCUT2D eigenvalue weighted by Crippen LogP contribution is -2.48. The third-order valence-corrected chi connectivity index (χ3v) is 7.35. The average Bonchev–Trinajstić information content (AvgIpc) is 3.45. The van der Waals surface area contributed by atoms with Gasteiger partial charge < -0.3 is 19.9 Å². The Bertz CT molecular complexity index is 1120. The Hall–Kier alpha value is -3.20. The lowest BCUT2D eigenvalue weighted by molar-refractivity contribution is -0.133. The molecule has 7 nitrogen and oxygen atoms in total. The molecular formula is C29H36N4O3S. The summed E-state index contributed by atoms with van der Waals surface area (Å²) in [5.74, 6) is -0.0725. The van der Waals surface area contributed by atoms with Crippen molar-refractivity contribution in [1.82, 2.24) is 14.7 Å². The molecule has 196 valence electrons. The van der Waals surface area contributed by atoms with Crippen LogP contribution in [0.5, 0.6) is 0 Å². The molecule has 0 radical (unpaired) electrons. The molecule has 1 fully saturated rings. The maximum atomic E-state index is 13.7. The first-order chi connectivity index (χ1) is 18.1. The Morgan fingerprint density at radius 2 is 1.73 bits per heavy atom. The van der Waals surface area contributed by atoms with E-state index in [4.69, 9.17) is 4.74 Å². The third kappa shape index (κ3) is 8.42. The fraction of sp³-hybridized carbons (Fsp3) is 0.379. The van der Waals surface area contributed by atoms with E-state index in [0.717, 1.165) is 41.2 Å². The molecule has 1 N–H and O–H groups in total. The largest absolute Gasteiger partial charge is 0.379 e. The fourth-order valence-electron chi connectivity index (χ4n) is 4.30. The second kappa shape index (κ2) is 13.9. The van der Waals surface area contributed by atoms with Crippen molar-refractivity contribution >= 4 is 29.0 Å². The molecular weight excluding hydrogens is 484 g/mol. The van der Waals surface area contributed by atoms with E-state index in [0.29, 0.717) is 39.4 Å². The number of hydrogen-bond acceptors (Lipinski definition) is 5. The minimum atomic E-state index is -0.259. The second-order valence-electron chi connectivity index (χ2n) is 9.17. The summed E-state index contributed by atoms with van der Waals surface area (Å²) >= 11 is 1.63. The van der Waals surface area contributed by atoms with Gasteiger partial charge in [-0.3, -0.25) is 9.69 Å². The molecule has 1 aromatic heterocycles. The SMILES string of the molecule is CCc1cccc(NC(=O)N(CCN2CCOCC2)CC(=O)N(Cc2ccccc2)Cc2cccs2)c1. The number of hydrogen-bond donors (Lipinski definition) is 1. The summed E-state index contributed by atoms with van der Waals surface area (Å²) in [6.07, 6.45) is 0.889. The van der Waals surface area contributed by atoms with Crippen LogP contribution in [0.2, 0.25) is 0 Å². The molecule has 1 aliphatic rings. The summed E-state index contributed by atoms with van der Waals surface area (Å²) in [6, 6.07) is 21.6. The van der Waals surface area contributed by atoms with Gasteiger partial charge in [0.1, 0.15) is 6.54 Å². The Balaban J connectivity index is 1.48. The first-order valence-corrected chi connectivity index (χ1v) is 13.8. The van der Waals surface area contributed by atoms with Crippen LogP contribution >= 0.6 is 11.3 Å². The molecule has 0 saturated carbocycles. The minimum Gasteiger partial charge on any atom is -0.379 e.